The highest BCUT2D eigenvalue weighted by Gasteiger charge is 2.55. The fourth-order valence-corrected chi connectivity index (χ4v) is 3.38. The predicted octanol–water partition coefficient (Wildman–Crippen LogP) is 4.27. The van der Waals surface area contributed by atoms with Gasteiger partial charge in [-0.15, -0.1) is 0 Å². The van der Waals surface area contributed by atoms with E-state index < -0.39 is 0 Å². The number of fused-ring (bicyclic) bond motifs is 1. The highest BCUT2D eigenvalue weighted by Crippen LogP contribution is 2.61. The van der Waals surface area contributed by atoms with Gasteiger partial charge in [0.05, 0.1) is 0 Å². The molecule has 0 unspecified atom stereocenters. The van der Waals surface area contributed by atoms with Crippen molar-refractivity contribution >= 4 is 5.97 Å². The van der Waals surface area contributed by atoms with Crippen molar-refractivity contribution in [1.82, 2.24) is 0 Å². The van der Waals surface area contributed by atoms with E-state index in [1.165, 1.54) is 30.9 Å². The number of allylic oxidation sites excluding steroid dienone is 2. The lowest BCUT2D eigenvalue weighted by Gasteiger charge is -2.18. The molecular weight excluding hydrogens is 236 g/mol. The maximum atomic E-state index is 11.2. The Kier molecular flexibility index (Phi) is 3.89. The van der Waals surface area contributed by atoms with Gasteiger partial charge in [-0.1, -0.05) is 31.6 Å². The van der Waals surface area contributed by atoms with E-state index in [2.05, 4.69) is 39.8 Å². The third kappa shape index (κ3) is 3.10. The van der Waals surface area contributed by atoms with Crippen LogP contribution in [0.1, 0.15) is 53.9 Å². The van der Waals surface area contributed by atoms with Gasteiger partial charge in [0.1, 0.15) is 6.10 Å². The number of esters is 1. The zero-order valence-corrected chi connectivity index (χ0v) is 12.8. The molecule has 0 aromatic rings. The predicted molar refractivity (Wildman–Crippen MR) is 77.7 cm³/mol. The topological polar surface area (TPSA) is 26.3 Å². The summed E-state index contributed by atoms with van der Waals surface area (Å²) in [5.74, 6) is 1.24. The highest BCUT2D eigenvalue weighted by atomic mass is 16.5. The first-order valence-corrected chi connectivity index (χ1v) is 7.33. The number of hydrogen-bond donors (Lipinski definition) is 0. The molecule has 0 saturated heterocycles. The molecule has 0 N–H and O–H groups in total. The smallest absolute Gasteiger partial charge is 0.303 e. The van der Waals surface area contributed by atoms with Gasteiger partial charge in [0.25, 0.3) is 0 Å². The van der Waals surface area contributed by atoms with Crippen molar-refractivity contribution in [3.8, 4) is 0 Å². The Morgan fingerprint density at radius 3 is 2.68 bits per heavy atom. The van der Waals surface area contributed by atoms with E-state index in [4.69, 9.17) is 4.74 Å². The fourth-order valence-electron chi connectivity index (χ4n) is 3.38. The summed E-state index contributed by atoms with van der Waals surface area (Å²) < 4.78 is 5.47. The summed E-state index contributed by atoms with van der Waals surface area (Å²) in [7, 11) is 0. The highest BCUT2D eigenvalue weighted by molar-refractivity contribution is 5.66. The van der Waals surface area contributed by atoms with Crippen LogP contribution in [0.25, 0.3) is 0 Å². The molecule has 2 nitrogen and oxygen atoms in total. The lowest BCUT2D eigenvalue weighted by molar-refractivity contribution is -0.144. The summed E-state index contributed by atoms with van der Waals surface area (Å²) in [4.78, 5) is 11.2. The van der Waals surface area contributed by atoms with Crippen molar-refractivity contribution in [2.75, 3.05) is 0 Å². The average molecular weight is 262 g/mol. The van der Waals surface area contributed by atoms with Crippen LogP contribution < -0.4 is 0 Å². The molecule has 106 valence electrons. The largest absolute Gasteiger partial charge is 0.458 e. The minimum absolute atomic E-state index is 0.0809. The molecule has 0 radical (unpaired) electrons. The van der Waals surface area contributed by atoms with Crippen LogP contribution in [0, 0.1) is 17.3 Å². The third-order valence-corrected chi connectivity index (χ3v) is 4.93. The minimum atomic E-state index is -0.188. The van der Waals surface area contributed by atoms with Gasteiger partial charge in [0.15, 0.2) is 0 Å². The molecular formula is C17H26O2. The van der Waals surface area contributed by atoms with Crippen LogP contribution in [0.3, 0.4) is 0 Å². The van der Waals surface area contributed by atoms with Crippen molar-refractivity contribution in [3.63, 3.8) is 0 Å². The summed E-state index contributed by atoms with van der Waals surface area (Å²) in [6.07, 6.45) is 7.77. The van der Waals surface area contributed by atoms with E-state index in [9.17, 15) is 4.79 Å². The second-order valence-corrected chi connectivity index (χ2v) is 6.79. The van der Waals surface area contributed by atoms with Gasteiger partial charge in [0, 0.05) is 13.3 Å². The van der Waals surface area contributed by atoms with E-state index >= 15 is 0 Å². The first-order chi connectivity index (χ1) is 8.82. The SMILES string of the molecule is CC(=O)O[C@@H]1C/C=C(\C)CC[C@H]2[C@@H](/C=C/1C)C2(C)C. The third-order valence-electron chi connectivity index (χ3n) is 4.93. The first kappa shape index (κ1) is 14.4. The Bertz CT molecular complexity index is 429. The zero-order chi connectivity index (χ0) is 14.2. The van der Waals surface area contributed by atoms with Gasteiger partial charge < -0.3 is 4.74 Å². The Morgan fingerprint density at radius 2 is 2.05 bits per heavy atom. The van der Waals surface area contributed by atoms with E-state index in [0.29, 0.717) is 11.3 Å². The molecule has 2 aliphatic carbocycles. The molecule has 1 saturated carbocycles. The van der Waals surface area contributed by atoms with Gasteiger partial charge in [0.2, 0.25) is 0 Å². The van der Waals surface area contributed by atoms with Crippen LogP contribution in [0.5, 0.6) is 0 Å². The standard InChI is InChI=1S/C17H26O2/c1-11-6-8-14-15(17(14,4)5)10-12(2)16(9-7-11)19-13(3)18/h7,10,14-16H,6,8-9H2,1-5H3/b11-7+,12-10+/t14-,15+,16+/m0/s1. The maximum absolute atomic E-state index is 11.2. The van der Waals surface area contributed by atoms with Crippen molar-refractivity contribution in [1.29, 1.82) is 0 Å². The second-order valence-electron chi connectivity index (χ2n) is 6.79. The molecule has 2 aliphatic rings. The lowest BCUT2D eigenvalue weighted by atomic mass is 9.99. The number of carbonyl (C=O) groups excluding carboxylic acids is 1. The van der Waals surface area contributed by atoms with Gasteiger partial charge in [-0.25, -0.2) is 0 Å². The molecule has 3 atom stereocenters. The number of hydrogen-bond acceptors (Lipinski definition) is 2. The van der Waals surface area contributed by atoms with Crippen LogP contribution in [0.4, 0.5) is 0 Å². The molecule has 1 fully saturated rings. The molecule has 19 heavy (non-hydrogen) atoms. The average Bonchev–Trinajstić information content (AvgIpc) is 2.81. The molecule has 0 amide bonds. The molecule has 0 aromatic heterocycles. The van der Waals surface area contributed by atoms with Gasteiger partial charge in [-0.2, -0.15) is 0 Å². The minimum Gasteiger partial charge on any atom is -0.458 e. The van der Waals surface area contributed by atoms with Crippen LogP contribution in [0.2, 0.25) is 0 Å². The summed E-state index contributed by atoms with van der Waals surface area (Å²) >= 11 is 0. The second kappa shape index (κ2) is 5.15. The van der Waals surface area contributed by atoms with E-state index in [1.54, 1.807) is 0 Å². The van der Waals surface area contributed by atoms with E-state index in [0.717, 1.165) is 12.3 Å². The Morgan fingerprint density at radius 1 is 1.37 bits per heavy atom. The number of rotatable bonds is 1. The normalized spacial score (nSPS) is 39.1. The van der Waals surface area contributed by atoms with Gasteiger partial charge in [-0.3, -0.25) is 4.79 Å². The Hall–Kier alpha value is -1.05. The van der Waals surface area contributed by atoms with Crippen molar-refractivity contribution in [3.05, 3.63) is 23.3 Å². The van der Waals surface area contributed by atoms with Crippen molar-refractivity contribution < 1.29 is 9.53 Å². The molecule has 0 aliphatic heterocycles. The molecule has 0 aromatic carbocycles. The lowest BCUT2D eigenvalue weighted by Crippen LogP contribution is -2.17. The number of carbonyl (C=O) groups is 1. The van der Waals surface area contributed by atoms with Gasteiger partial charge >= 0.3 is 5.97 Å². The first-order valence-electron chi connectivity index (χ1n) is 7.33. The zero-order valence-electron chi connectivity index (χ0n) is 12.8. The number of ether oxygens (including phenoxy) is 1. The van der Waals surface area contributed by atoms with Crippen molar-refractivity contribution in [2.24, 2.45) is 17.3 Å². The van der Waals surface area contributed by atoms with Crippen LogP contribution in [-0.2, 0) is 9.53 Å². The summed E-state index contributed by atoms with van der Waals surface area (Å²) in [5.41, 5.74) is 3.04. The van der Waals surface area contributed by atoms with Gasteiger partial charge in [-0.05, 0) is 49.5 Å². The molecule has 0 bridgehead atoms. The summed E-state index contributed by atoms with van der Waals surface area (Å²) in [6, 6.07) is 0. The quantitative estimate of drug-likeness (QED) is 0.521. The summed E-state index contributed by atoms with van der Waals surface area (Å²) in [6.45, 7) is 10.5. The maximum Gasteiger partial charge on any atom is 0.303 e. The van der Waals surface area contributed by atoms with Crippen LogP contribution in [-0.4, -0.2) is 12.1 Å². The Labute approximate surface area is 116 Å². The van der Waals surface area contributed by atoms with Crippen LogP contribution in [0.15, 0.2) is 23.3 Å². The molecule has 2 rings (SSSR count). The summed E-state index contributed by atoms with van der Waals surface area (Å²) in [5, 5.41) is 0. The Balaban J connectivity index is 2.22. The monoisotopic (exact) mass is 262 g/mol. The van der Waals surface area contributed by atoms with Crippen LogP contribution >= 0.6 is 0 Å². The van der Waals surface area contributed by atoms with E-state index in [1.807, 2.05) is 0 Å². The molecule has 2 heteroatoms. The molecule has 0 spiro atoms. The molecule has 0 heterocycles. The van der Waals surface area contributed by atoms with Crippen molar-refractivity contribution in [2.45, 2.75) is 60.0 Å². The van der Waals surface area contributed by atoms with E-state index in [-0.39, 0.29) is 12.1 Å². The fraction of sp³-hybridized carbons (Fsp3) is 0.706.